The van der Waals surface area contributed by atoms with Gasteiger partial charge in [0.15, 0.2) is 0 Å². The smallest absolute Gasteiger partial charge is 0.256 e. The molecule has 0 aliphatic carbocycles. The number of nitrogens with zero attached hydrogens (tertiary/aromatic N) is 3. The molecule has 5 nitrogen and oxygen atoms in total. The van der Waals surface area contributed by atoms with E-state index in [4.69, 9.17) is 16.6 Å². The molecule has 5 aromatic rings. The highest BCUT2D eigenvalue weighted by Gasteiger charge is 2.15. The molecule has 0 atom stereocenters. The average Bonchev–Trinajstić information content (AvgIpc) is 2.86. The Kier molecular flexibility index (Phi) is 5.79. The summed E-state index contributed by atoms with van der Waals surface area (Å²) in [6, 6.07) is 22.7. The zero-order valence-electron chi connectivity index (χ0n) is 17.6. The van der Waals surface area contributed by atoms with E-state index >= 15 is 0 Å². The Morgan fingerprint density at radius 3 is 2.18 bits per heavy atom. The third-order valence-corrected chi connectivity index (χ3v) is 5.60. The molecule has 1 N–H and O–H groups in total. The second-order valence-electron chi connectivity index (χ2n) is 7.64. The summed E-state index contributed by atoms with van der Waals surface area (Å²) in [6.45, 7) is 0. The van der Waals surface area contributed by atoms with Gasteiger partial charge in [0.2, 0.25) is 0 Å². The van der Waals surface area contributed by atoms with Crippen molar-refractivity contribution in [1.29, 1.82) is 0 Å². The third kappa shape index (κ3) is 4.73. The van der Waals surface area contributed by atoms with E-state index < -0.39 is 0 Å². The van der Waals surface area contributed by atoms with Crippen LogP contribution in [0.1, 0.15) is 21.5 Å². The van der Waals surface area contributed by atoms with Crippen molar-refractivity contribution in [1.82, 2.24) is 15.0 Å². The van der Waals surface area contributed by atoms with Crippen LogP contribution in [0.2, 0.25) is 5.02 Å². The summed E-state index contributed by atoms with van der Waals surface area (Å²) in [5.41, 5.74) is 5.85. The summed E-state index contributed by atoms with van der Waals surface area (Å²) in [5.74, 6) is -0.221. The predicted molar refractivity (Wildman–Crippen MR) is 131 cm³/mol. The number of carbonyl (C=O) groups excluding carboxylic acids is 1. The zero-order valence-corrected chi connectivity index (χ0v) is 18.3. The first-order valence-electron chi connectivity index (χ1n) is 10.5. The van der Waals surface area contributed by atoms with Gasteiger partial charge in [-0.15, -0.1) is 0 Å². The van der Waals surface area contributed by atoms with Crippen LogP contribution in [0.15, 0.2) is 97.6 Å². The Bertz CT molecular complexity index is 1420. The predicted octanol–water partition coefficient (Wildman–Crippen LogP) is 6.19. The zero-order chi connectivity index (χ0) is 22.6. The number of aromatic nitrogens is 3. The molecular weight excluding hydrogens is 432 g/mol. The van der Waals surface area contributed by atoms with Gasteiger partial charge < -0.3 is 5.32 Å². The van der Waals surface area contributed by atoms with Gasteiger partial charge in [0.1, 0.15) is 0 Å². The van der Waals surface area contributed by atoms with Crippen LogP contribution >= 0.6 is 11.6 Å². The summed E-state index contributed by atoms with van der Waals surface area (Å²) < 4.78 is 0. The molecule has 3 aromatic heterocycles. The summed E-state index contributed by atoms with van der Waals surface area (Å²) in [4.78, 5) is 26.1. The van der Waals surface area contributed by atoms with Gasteiger partial charge in [-0.25, -0.2) is 4.98 Å². The van der Waals surface area contributed by atoms with Crippen LogP contribution < -0.4 is 5.32 Å². The summed E-state index contributed by atoms with van der Waals surface area (Å²) >= 11 is 6.22. The van der Waals surface area contributed by atoms with Gasteiger partial charge in [-0.3, -0.25) is 14.8 Å². The minimum absolute atomic E-state index is 0.221. The molecule has 0 bridgehead atoms. The van der Waals surface area contributed by atoms with E-state index in [0.717, 1.165) is 23.2 Å². The lowest BCUT2D eigenvalue weighted by molar-refractivity contribution is 0.102. The molecule has 33 heavy (non-hydrogen) atoms. The molecule has 0 spiro atoms. The fourth-order valence-corrected chi connectivity index (χ4v) is 3.87. The van der Waals surface area contributed by atoms with E-state index in [0.29, 0.717) is 27.2 Å². The molecule has 0 aliphatic heterocycles. The lowest BCUT2D eigenvalue weighted by Gasteiger charge is -2.11. The first-order chi connectivity index (χ1) is 16.2. The molecule has 0 saturated carbocycles. The minimum Gasteiger partial charge on any atom is -0.322 e. The third-order valence-electron chi connectivity index (χ3n) is 5.36. The number of halogens is 1. The number of nitrogens with one attached hydrogen (secondary N) is 1. The van der Waals surface area contributed by atoms with Gasteiger partial charge in [-0.2, -0.15) is 0 Å². The normalized spacial score (nSPS) is 10.8. The highest BCUT2D eigenvalue weighted by atomic mass is 35.5. The molecule has 3 heterocycles. The Morgan fingerprint density at radius 2 is 1.45 bits per heavy atom. The highest BCUT2D eigenvalue weighted by Crippen LogP contribution is 2.27. The van der Waals surface area contributed by atoms with Crippen LogP contribution in [-0.4, -0.2) is 20.9 Å². The maximum Gasteiger partial charge on any atom is 0.256 e. The van der Waals surface area contributed by atoms with Gasteiger partial charge in [-0.05, 0) is 78.2 Å². The molecular formula is C27H19ClN4O. The van der Waals surface area contributed by atoms with Crippen LogP contribution in [-0.2, 0) is 6.42 Å². The van der Waals surface area contributed by atoms with E-state index in [1.165, 1.54) is 5.56 Å². The number of amides is 1. The average molecular weight is 451 g/mol. The van der Waals surface area contributed by atoms with Gasteiger partial charge in [0.25, 0.3) is 5.91 Å². The van der Waals surface area contributed by atoms with Crippen molar-refractivity contribution in [3.8, 4) is 11.3 Å². The molecule has 6 heteroatoms. The molecule has 1 amide bonds. The minimum atomic E-state index is -0.221. The van der Waals surface area contributed by atoms with Crippen molar-refractivity contribution < 1.29 is 4.79 Å². The van der Waals surface area contributed by atoms with Gasteiger partial charge in [0, 0.05) is 46.4 Å². The second-order valence-corrected chi connectivity index (χ2v) is 8.07. The number of hydrogen-bond donors (Lipinski definition) is 1. The number of hydrogen-bond acceptors (Lipinski definition) is 4. The molecule has 0 saturated heterocycles. The van der Waals surface area contributed by atoms with Crippen molar-refractivity contribution in [2.75, 3.05) is 5.32 Å². The van der Waals surface area contributed by atoms with E-state index in [-0.39, 0.29) is 5.91 Å². The van der Waals surface area contributed by atoms with Crippen LogP contribution in [0, 0.1) is 0 Å². The number of rotatable bonds is 5. The summed E-state index contributed by atoms with van der Waals surface area (Å²) in [6.07, 6.45) is 7.79. The maximum atomic E-state index is 13.3. The number of anilines is 1. The van der Waals surface area contributed by atoms with Crippen LogP contribution in [0.5, 0.6) is 0 Å². The van der Waals surface area contributed by atoms with Crippen molar-refractivity contribution in [2.45, 2.75) is 6.42 Å². The van der Waals surface area contributed by atoms with Gasteiger partial charge in [-0.1, -0.05) is 23.7 Å². The Morgan fingerprint density at radius 1 is 0.788 bits per heavy atom. The fraction of sp³-hybridized carbons (Fsp3) is 0.0370. The molecule has 2 aromatic carbocycles. The van der Waals surface area contributed by atoms with E-state index in [9.17, 15) is 4.79 Å². The van der Waals surface area contributed by atoms with Crippen molar-refractivity contribution >= 4 is 34.1 Å². The topological polar surface area (TPSA) is 67.8 Å². The van der Waals surface area contributed by atoms with Crippen LogP contribution in [0.25, 0.3) is 22.2 Å². The van der Waals surface area contributed by atoms with Crippen LogP contribution in [0.3, 0.4) is 0 Å². The quantitative estimate of drug-likeness (QED) is 0.346. The summed E-state index contributed by atoms with van der Waals surface area (Å²) in [5, 5.41) is 4.26. The lowest BCUT2D eigenvalue weighted by atomic mass is 10.0. The van der Waals surface area contributed by atoms with E-state index in [1.54, 1.807) is 43.0 Å². The standard InChI is InChI=1S/C27H19ClN4O/c28-21-3-6-25-23(16-21)24(17-26(32-25)20-9-13-30-14-10-20)27(33)31-22-4-1-18(2-5-22)15-19-7-11-29-12-8-19/h1-14,16-17H,15H2,(H,31,33). The van der Waals surface area contributed by atoms with E-state index in [1.807, 2.05) is 54.6 Å². The lowest BCUT2D eigenvalue weighted by Crippen LogP contribution is -2.13. The SMILES string of the molecule is O=C(Nc1ccc(Cc2ccncc2)cc1)c1cc(-c2ccncc2)nc2ccc(Cl)cc12. The van der Waals surface area contributed by atoms with Crippen molar-refractivity contribution in [2.24, 2.45) is 0 Å². The molecule has 160 valence electrons. The largest absolute Gasteiger partial charge is 0.322 e. The summed E-state index contributed by atoms with van der Waals surface area (Å²) in [7, 11) is 0. The monoisotopic (exact) mass is 450 g/mol. The van der Waals surface area contributed by atoms with Gasteiger partial charge in [0.05, 0.1) is 16.8 Å². The Labute approximate surface area is 196 Å². The van der Waals surface area contributed by atoms with Crippen molar-refractivity contribution in [3.63, 3.8) is 0 Å². The molecule has 0 fully saturated rings. The molecule has 5 rings (SSSR count). The number of pyridine rings is 3. The number of carbonyl (C=O) groups is 1. The Hall–Kier alpha value is -4.09. The second kappa shape index (κ2) is 9.18. The number of fused-ring (bicyclic) bond motifs is 1. The molecule has 0 unspecified atom stereocenters. The van der Waals surface area contributed by atoms with E-state index in [2.05, 4.69) is 15.3 Å². The van der Waals surface area contributed by atoms with Crippen LogP contribution in [0.4, 0.5) is 5.69 Å². The first-order valence-corrected chi connectivity index (χ1v) is 10.8. The molecule has 0 aliphatic rings. The Balaban J connectivity index is 1.44. The molecule has 0 radical (unpaired) electrons. The highest BCUT2D eigenvalue weighted by molar-refractivity contribution is 6.31. The first kappa shape index (κ1) is 20.8. The fourth-order valence-electron chi connectivity index (χ4n) is 3.70. The van der Waals surface area contributed by atoms with Crippen molar-refractivity contribution in [3.05, 3.63) is 119 Å². The number of benzene rings is 2. The maximum absolute atomic E-state index is 13.3. The van der Waals surface area contributed by atoms with Gasteiger partial charge >= 0.3 is 0 Å².